The molecule has 2 nitrogen and oxygen atoms in total. The number of rotatable bonds is 3. The van der Waals surface area contributed by atoms with Gasteiger partial charge in [-0.1, -0.05) is 11.6 Å². The molecule has 0 bridgehead atoms. The smallest absolute Gasteiger partial charge is 0.383 e. The van der Waals surface area contributed by atoms with Gasteiger partial charge in [0.2, 0.25) is 0 Å². The standard InChI is InChI=1S/C14H11BrClF3N2S/c1-7(22-12-4-8(15)6-21-13(12)20)10-5-9(16)2-3-11(10)14(17,18)19/h2-7H,1H3,(H2,20,21). The Morgan fingerprint density at radius 3 is 2.64 bits per heavy atom. The highest BCUT2D eigenvalue weighted by atomic mass is 79.9. The molecule has 1 heterocycles. The maximum Gasteiger partial charge on any atom is 0.416 e. The Hall–Kier alpha value is -0.920. The zero-order valence-corrected chi connectivity index (χ0v) is 14.4. The first-order valence-corrected chi connectivity index (χ1v) is 8.18. The molecule has 2 rings (SSSR count). The van der Waals surface area contributed by atoms with Crippen molar-refractivity contribution in [3.05, 3.63) is 51.1 Å². The molecular formula is C14H11BrClF3N2S. The van der Waals surface area contributed by atoms with Crippen molar-refractivity contribution in [2.24, 2.45) is 0 Å². The first kappa shape index (κ1) is 17.4. The Morgan fingerprint density at radius 2 is 2.00 bits per heavy atom. The second-order valence-electron chi connectivity index (χ2n) is 4.53. The van der Waals surface area contributed by atoms with Crippen LogP contribution in [0.4, 0.5) is 19.0 Å². The van der Waals surface area contributed by atoms with Crippen LogP contribution >= 0.6 is 39.3 Å². The number of aromatic nitrogens is 1. The minimum atomic E-state index is -4.43. The normalized spacial score (nSPS) is 13.2. The number of nitrogens with zero attached hydrogens (tertiary/aromatic N) is 1. The van der Waals surface area contributed by atoms with Gasteiger partial charge in [0.05, 0.1) is 10.5 Å². The predicted molar refractivity (Wildman–Crippen MR) is 87.1 cm³/mol. The predicted octanol–water partition coefficient (Wildman–Crippen LogP) is 5.95. The minimum absolute atomic E-state index is 0.115. The molecule has 1 aromatic carbocycles. The Labute approximate surface area is 143 Å². The molecule has 0 fully saturated rings. The Kier molecular flexibility index (Phi) is 5.29. The number of thioether (sulfide) groups is 1. The van der Waals surface area contributed by atoms with Crippen molar-refractivity contribution in [1.29, 1.82) is 0 Å². The van der Waals surface area contributed by atoms with E-state index in [2.05, 4.69) is 20.9 Å². The lowest BCUT2D eigenvalue weighted by molar-refractivity contribution is -0.138. The molecule has 1 atom stereocenters. The monoisotopic (exact) mass is 410 g/mol. The summed E-state index contributed by atoms with van der Waals surface area (Å²) in [5.74, 6) is 0.274. The Balaban J connectivity index is 2.39. The van der Waals surface area contributed by atoms with E-state index < -0.39 is 17.0 Å². The molecule has 8 heteroatoms. The maximum atomic E-state index is 13.1. The van der Waals surface area contributed by atoms with E-state index in [0.29, 0.717) is 9.37 Å². The molecule has 118 valence electrons. The molecule has 0 aliphatic rings. The first-order valence-electron chi connectivity index (χ1n) is 6.13. The highest BCUT2D eigenvalue weighted by Crippen LogP contribution is 2.43. The molecule has 22 heavy (non-hydrogen) atoms. The fourth-order valence-corrected chi connectivity index (χ4v) is 3.64. The van der Waals surface area contributed by atoms with E-state index in [4.69, 9.17) is 17.3 Å². The number of nitrogen functional groups attached to an aromatic ring is 1. The van der Waals surface area contributed by atoms with Crippen molar-refractivity contribution < 1.29 is 13.2 Å². The topological polar surface area (TPSA) is 38.9 Å². The van der Waals surface area contributed by atoms with Gasteiger partial charge in [-0.2, -0.15) is 13.2 Å². The van der Waals surface area contributed by atoms with Gasteiger partial charge in [0.1, 0.15) is 5.82 Å². The van der Waals surface area contributed by atoms with Gasteiger partial charge in [-0.3, -0.25) is 0 Å². The number of halogens is 5. The number of alkyl halides is 3. The molecule has 0 amide bonds. The van der Waals surface area contributed by atoms with Gasteiger partial charge in [-0.05, 0) is 52.7 Å². The number of hydrogen-bond acceptors (Lipinski definition) is 3. The Bertz CT molecular complexity index is 694. The highest BCUT2D eigenvalue weighted by molar-refractivity contribution is 9.10. The zero-order chi connectivity index (χ0) is 16.5. The molecule has 0 saturated carbocycles. The van der Waals surface area contributed by atoms with Gasteiger partial charge in [-0.25, -0.2) is 4.98 Å². The van der Waals surface area contributed by atoms with E-state index in [1.807, 2.05) is 0 Å². The first-order chi connectivity index (χ1) is 10.2. The zero-order valence-electron chi connectivity index (χ0n) is 11.3. The summed E-state index contributed by atoms with van der Waals surface area (Å²) in [6.07, 6.45) is -2.90. The van der Waals surface area contributed by atoms with Crippen LogP contribution in [0.25, 0.3) is 0 Å². The summed E-state index contributed by atoms with van der Waals surface area (Å²) in [7, 11) is 0. The molecule has 0 spiro atoms. The Morgan fingerprint density at radius 1 is 1.32 bits per heavy atom. The summed E-state index contributed by atoms with van der Waals surface area (Å²) in [6, 6.07) is 5.29. The number of pyridine rings is 1. The lowest BCUT2D eigenvalue weighted by Crippen LogP contribution is -2.10. The van der Waals surface area contributed by atoms with Crippen LogP contribution in [-0.2, 0) is 6.18 Å². The van der Waals surface area contributed by atoms with Crippen molar-refractivity contribution >= 4 is 45.1 Å². The lowest BCUT2D eigenvalue weighted by atomic mass is 10.0. The molecule has 2 aromatic rings. The maximum absolute atomic E-state index is 13.1. The summed E-state index contributed by atoms with van der Waals surface area (Å²) >= 11 is 10.3. The van der Waals surface area contributed by atoms with Crippen LogP contribution in [0.15, 0.2) is 39.8 Å². The van der Waals surface area contributed by atoms with E-state index >= 15 is 0 Å². The van der Waals surface area contributed by atoms with Crippen molar-refractivity contribution in [3.63, 3.8) is 0 Å². The summed E-state index contributed by atoms with van der Waals surface area (Å²) in [6.45, 7) is 1.67. The lowest BCUT2D eigenvalue weighted by Gasteiger charge is -2.19. The van der Waals surface area contributed by atoms with Gasteiger partial charge in [-0.15, -0.1) is 11.8 Å². The largest absolute Gasteiger partial charge is 0.416 e. The van der Waals surface area contributed by atoms with Gasteiger partial charge in [0, 0.05) is 20.9 Å². The number of benzene rings is 1. The third kappa shape index (κ3) is 4.08. The average molecular weight is 412 g/mol. The number of hydrogen-bond donors (Lipinski definition) is 1. The second kappa shape index (κ2) is 6.68. The van der Waals surface area contributed by atoms with Crippen molar-refractivity contribution in [1.82, 2.24) is 4.98 Å². The van der Waals surface area contributed by atoms with Crippen LogP contribution in [0.3, 0.4) is 0 Å². The van der Waals surface area contributed by atoms with Gasteiger partial charge in [0.15, 0.2) is 0 Å². The van der Waals surface area contributed by atoms with Gasteiger partial charge in [0.25, 0.3) is 0 Å². The molecule has 0 radical (unpaired) electrons. The van der Waals surface area contributed by atoms with E-state index in [1.54, 1.807) is 13.0 Å². The summed E-state index contributed by atoms with van der Waals surface area (Å²) in [5, 5.41) is -0.232. The third-order valence-corrected chi connectivity index (χ3v) is 4.77. The fraction of sp³-hybridized carbons (Fsp3) is 0.214. The van der Waals surface area contributed by atoms with Crippen molar-refractivity contribution in [2.45, 2.75) is 23.2 Å². The highest BCUT2D eigenvalue weighted by Gasteiger charge is 2.34. The van der Waals surface area contributed by atoms with Crippen LogP contribution in [0, 0.1) is 0 Å². The van der Waals surface area contributed by atoms with Crippen LogP contribution in [0.1, 0.15) is 23.3 Å². The van der Waals surface area contributed by atoms with Crippen molar-refractivity contribution in [3.8, 4) is 0 Å². The molecule has 2 N–H and O–H groups in total. The molecular weight excluding hydrogens is 401 g/mol. The van der Waals surface area contributed by atoms with Crippen molar-refractivity contribution in [2.75, 3.05) is 5.73 Å². The second-order valence-corrected chi connectivity index (χ2v) is 7.26. The number of anilines is 1. The summed E-state index contributed by atoms with van der Waals surface area (Å²) in [5.41, 5.74) is 5.19. The minimum Gasteiger partial charge on any atom is -0.383 e. The van der Waals surface area contributed by atoms with E-state index in [1.165, 1.54) is 30.1 Å². The van der Waals surface area contributed by atoms with Gasteiger partial charge < -0.3 is 5.73 Å². The van der Waals surface area contributed by atoms with Gasteiger partial charge >= 0.3 is 6.18 Å². The van der Waals surface area contributed by atoms with Crippen LogP contribution in [0.5, 0.6) is 0 Å². The summed E-state index contributed by atoms with van der Waals surface area (Å²) in [4.78, 5) is 4.58. The SMILES string of the molecule is CC(Sc1cc(Br)cnc1N)c1cc(Cl)ccc1C(F)(F)F. The fourth-order valence-electron chi connectivity index (χ4n) is 1.91. The van der Waals surface area contributed by atoms with E-state index in [0.717, 1.165) is 6.07 Å². The molecule has 1 unspecified atom stereocenters. The van der Waals surface area contributed by atoms with Crippen LogP contribution < -0.4 is 5.73 Å². The van der Waals surface area contributed by atoms with E-state index in [-0.39, 0.29) is 16.4 Å². The van der Waals surface area contributed by atoms with E-state index in [9.17, 15) is 13.2 Å². The number of nitrogens with two attached hydrogens (primary N) is 1. The van der Waals surface area contributed by atoms with Crippen LogP contribution in [0.2, 0.25) is 5.02 Å². The molecule has 0 aliphatic carbocycles. The average Bonchev–Trinajstić information content (AvgIpc) is 2.41. The molecule has 0 aliphatic heterocycles. The third-order valence-electron chi connectivity index (χ3n) is 2.91. The van der Waals surface area contributed by atoms with Crippen LogP contribution in [-0.4, -0.2) is 4.98 Å². The molecule has 0 saturated heterocycles. The molecule has 1 aromatic heterocycles. The quantitative estimate of drug-likeness (QED) is 0.634. The summed E-state index contributed by atoms with van der Waals surface area (Å²) < 4.78 is 40.1.